The lowest BCUT2D eigenvalue weighted by Gasteiger charge is -2.14. The average molecular weight is 167 g/mol. The van der Waals surface area contributed by atoms with E-state index >= 15 is 0 Å². The van der Waals surface area contributed by atoms with E-state index in [1.54, 1.807) is 5.56 Å². The van der Waals surface area contributed by atoms with E-state index < -0.39 is 0 Å². The Bertz CT molecular complexity index is 254. The minimum atomic E-state index is 0.608. The fourth-order valence-electron chi connectivity index (χ4n) is 1.98. The summed E-state index contributed by atoms with van der Waals surface area (Å²) in [4.78, 5) is 0. The third kappa shape index (κ3) is 1.01. The molecule has 1 aromatic rings. The van der Waals surface area contributed by atoms with Crippen molar-refractivity contribution in [3.05, 3.63) is 21.9 Å². The Balaban J connectivity index is 2.35. The molecular weight excluding hydrogens is 154 g/mol. The summed E-state index contributed by atoms with van der Waals surface area (Å²) in [5.41, 5.74) is 3.09. The van der Waals surface area contributed by atoms with Gasteiger partial charge in [-0.25, -0.2) is 0 Å². The van der Waals surface area contributed by atoms with E-state index in [-0.39, 0.29) is 0 Å². The molecule has 0 bridgehead atoms. The van der Waals surface area contributed by atoms with Crippen LogP contribution in [0.4, 0.5) is 0 Å². The summed E-state index contributed by atoms with van der Waals surface area (Å²) in [6.07, 6.45) is 1.25. The van der Waals surface area contributed by atoms with Gasteiger partial charge in [0.2, 0.25) is 0 Å². The zero-order chi connectivity index (χ0) is 7.84. The van der Waals surface area contributed by atoms with Gasteiger partial charge in [-0.15, -0.1) is 0 Å². The summed E-state index contributed by atoms with van der Waals surface area (Å²) >= 11 is 1.82. The fourth-order valence-corrected chi connectivity index (χ4v) is 2.89. The van der Waals surface area contributed by atoms with Crippen molar-refractivity contribution in [2.75, 3.05) is 7.05 Å². The first-order valence-electron chi connectivity index (χ1n) is 4.05. The van der Waals surface area contributed by atoms with E-state index in [0.717, 1.165) is 5.92 Å². The molecule has 0 aromatic carbocycles. The summed E-state index contributed by atoms with van der Waals surface area (Å²) < 4.78 is 0. The molecule has 0 fully saturated rings. The van der Waals surface area contributed by atoms with Crippen molar-refractivity contribution in [2.45, 2.75) is 19.4 Å². The van der Waals surface area contributed by atoms with Crippen LogP contribution < -0.4 is 5.32 Å². The van der Waals surface area contributed by atoms with Crippen molar-refractivity contribution in [2.24, 2.45) is 5.92 Å². The van der Waals surface area contributed by atoms with Gasteiger partial charge in [-0.3, -0.25) is 0 Å². The van der Waals surface area contributed by atoms with Crippen molar-refractivity contribution in [3.63, 3.8) is 0 Å². The predicted molar refractivity (Wildman–Crippen MR) is 49.0 cm³/mol. The molecule has 0 spiro atoms. The second-order valence-corrected chi connectivity index (χ2v) is 4.04. The van der Waals surface area contributed by atoms with Crippen LogP contribution in [-0.2, 0) is 6.42 Å². The van der Waals surface area contributed by atoms with Crippen LogP contribution in [0.25, 0.3) is 0 Å². The van der Waals surface area contributed by atoms with Crippen LogP contribution in [0.5, 0.6) is 0 Å². The number of rotatable bonds is 1. The Morgan fingerprint density at radius 3 is 3.09 bits per heavy atom. The van der Waals surface area contributed by atoms with Gasteiger partial charge in [-0.1, -0.05) is 6.92 Å². The monoisotopic (exact) mass is 167 g/mol. The molecule has 11 heavy (non-hydrogen) atoms. The lowest BCUT2D eigenvalue weighted by atomic mass is 10.0. The van der Waals surface area contributed by atoms with Crippen molar-refractivity contribution in [1.29, 1.82) is 0 Å². The molecule has 2 unspecified atom stereocenters. The molecular formula is C9H13NS. The molecule has 1 aromatic heterocycles. The SMILES string of the molecule is CNC1c2cscc2CC1C. The molecule has 2 rings (SSSR count). The minimum absolute atomic E-state index is 0.608. The second kappa shape index (κ2) is 2.61. The summed E-state index contributed by atoms with van der Waals surface area (Å²) in [6, 6.07) is 0.608. The molecule has 1 heterocycles. The summed E-state index contributed by atoms with van der Waals surface area (Å²) in [7, 11) is 2.05. The van der Waals surface area contributed by atoms with Crippen LogP contribution in [0.3, 0.4) is 0 Å². The maximum absolute atomic E-state index is 3.36. The molecule has 0 saturated carbocycles. The van der Waals surface area contributed by atoms with Crippen LogP contribution in [0, 0.1) is 5.92 Å². The quantitative estimate of drug-likeness (QED) is 0.676. The molecule has 0 aliphatic heterocycles. The van der Waals surface area contributed by atoms with Gasteiger partial charge < -0.3 is 5.32 Å². The van der Waals surface area contributed by atoms with Crippen LogP contribution in [0.1, 0.15) is 24.1 Å². The third-order valence-corrected chi connectivity index (χ3v) is 3.34. The van der Waals surface area contributed by atoms with E-state index in [2.05, 4.69) is 23.0 Å². The van der Waals surface area contributed by atoms with Gasteiger partial charge in [-0.05, 0) is 41.3 Å². The maximum Gasteiger partial charge on any atom is 0.0357 e. The Morgan fingerprint density at radius 2 is 2.36 bits per heavy atom. The lowest BCUT2D eigenvalue weighted by Crippen LogP contribution is -2.18. The zero-order valence-corrected chi connectivity index (χ0v) is 7.74. The van der Waals surface area contributed by atoms with Gasteiger partial charge in [0.25, 0.3) is 0 Å². The molecule has 2 heteroatoms. The third-order valence-electron chi connectivity index (χ3n) is 2.53. The molecule has 1 aliphatic carbocycles. The number of fused-ring (bicyclic) bond motifs is 1. The number of hydrogen-bond acceptors (Lipinski definition) is 2. The predicted octanol–water partition coefficient (Wildman–Crippen LogP) is 2.20. The Kier molecular flexibility index (Phi) is 1.74. The lowest BCUT2D eigenvalue weighted by molar-refractivity contribution is 0.447. The molecule has 0 radical (unpaired) electrons. The Hall–Kier alpha value is -0.340. The molecule has 1 N–H and O–H groups in total. The highest BCUT2D eigenvalue weighted by Crippen LogP contribution is 2.37. The van der Waals surface area contributed by atoms with Gasteiger partial charge in [0.1, 0.15) is 0 Å². The molecule has 0 saturated heterocycles. The van der Waals surface area contributed by atoms with E-state index in [0.29, 0.717) is 6.04 Å². The van der Waals surface area contributed by atoms with Crippen LogP contribution in [0.15, 0.2) is 10.8 Å². The summed E-state index contributed by atoms with van der Waals surface area (Å²) in [6.45, 7) is 2.31. The van der Waals surface area contributed by atoms with Crippen molar-refractivity contribution in [1.82, 2.24) is 5.32 Å². The maximum atomic E-state index is 3.36. The summed E-state index contributed by atoms with van der Waals surface area (Å²) in [5, 5.41) is 7.92. The smallest absolute Gasteiger partial charge is 0.0357 e. The number of nitrogens with one attached hydrogen (secondary N) is 1. The van der Waals surface area contributed by atoms with Crippen LogP contribution >= 0.6 is 11.3 Å². The minimum Gasteiger partial charge on any atom is -0.313 e. The molecule has 1 nitrogen and oxygen atoms in total. The van der Waals surface area contributed by atoms with E-state index in [9.17, 15) is 0 Å². The van der Waals surface area contributed by atoms with Gasteiger partial charge >= 0.3 is 0 Å². The molecule has 0 amide bonds. The standard InChI is InChI=1S/C9H13NS/c1-6-3-7-4-11-5-8(7)9(6)10-2/h4-6,9-10H,3H2,1-2H3. The van der Waals surface area contributed by atoms with Crippen molar-refractivity contribution in [3.8, 4) is 0 Å². The Morgan fingerprint density at radius 1 is 1.55 bits per heavy atom. The van der Waals surface area contributed by atoms with E-state index in [1.807, 2.05) is 18.4 Å². The largest absolute Gasteiger partial charge is 0.313 e. The first-order valence-corrected chi connectivity index (χ1v) is 4.99. The highest BCUT2D eigenvalue weighted by molar-refractivity contribution is 7.08. The topological polar surface area (TPSA) is 12.0 Å². The van der Waals surface area contributed by atoms with Gasteiger partial charge in [0.05, 0.1) is 0 Å². The first-order chi connectivity index (χ1) is 5.33. The highest BCUT2D eigenvalue weighted by Gasteiger charge is 2.28. The number of thiophene rings is 1. The fraction of sp³-hybridized carbons (Fsp3) is 0.556. The molecule has 60 valence electrons. The molecule has 2 atom stereocenters. The second-order valence-electron chi connectivity index (χ2n) is 3.30. The average Bonchev–Trinajstić information content (AvgIpc) is 2.46. The molecule has 1 aliphatic rings. The van der Waals surface area contributed by atoms with E-state index in [1.165, 1.54) is 12.0 Å². The van der Waals surface area contributed by atoms with E-state index in [4.69, 9.17) is 0 Å². The van der Waals surface area contributed by atoms with Crippen molar-refractivity contribution < 1.29 is 0 Å². The zero-order valence-electron chi connectivity index (χ0n) is 6.92. The Labute approximate surface area is 71.4 Å². The van der Waals surface area contributed by atoms with Crippen LogP contribution in [0.2, 0.25) is 0 Å². The normalized spacial score (nSPS) is 28.9. The number of hydrogen-bond donors (Lipinski definition) is 1. The van der Waals surface area contributed by atoms with Crippen molar-refractivity contribution >= 4 is 11.3 Å². The van der Waals surface area contributed by atoms with Gasteiger partial charge in [-0.2, -0.15) is 11.3 Å². The summed E-state index contributed by atoms with van der Waals surface area (Å²) in [5.74, 6) is 0.776. The van der Waals surface area contributed by atoms with Gasteiger partial charge in [0.15, 0.2) is 0 Å². The highest BCUT2D eigenvalue weighted by atomic mass is 32.1. The first kappa shape index (κ1) is 7.32. The van der Waals surface area contributed by atoms with Gasteiger partial charge in [0, 0.05) is 6.04 Å². The van der Waals surface area contributed by atoms with Crippen LogP contribution in [-0.4, -0.2) is 7.05 Å².